The third-order valence-corrected chi connectivity index (χ3v) is 3.02. The van der Waals surface area contributed by atoms with E-state index in [-0.39, 0.29) is 11.7 Å². The Bertz CT molecular complexity index is 422. The molecule has 1 aliphatic rings. The molecule has 0 aromatic carbocycles. The van der Waals surface area contributed by atoms with E-state index in [0.717, 1.165) is 30.7 Å². The van der Waals surface area contributed by atoms with Crippen molar-refractivity contribution in [1.82, 2.24) is 9.97 Å². The highest BCUT2D eigenvalue weighted by atomic mass is 16.1. The number of hydrogen-bond donors (Lipinski definition) is 2. The van der Waals surface area contributed by atoms with Crippen molar-refractivity contribution in [3.05, 3.63) is 27.4 Å². The molecule has 0 fully saturated rings. The number of aromatic amines is 1. The van der Waals surface area contributed by atoms with Crippen molar-refractivity contribution in [3.8, 4) is 0 Å². The van der Waals surface area contributed by atoms with E-state index in [1.807, 2.05) is 6.92 Å². The second kappa shape index (κ2) is 3.77. The second-order valence-electron chi connectivity index (χ2n) is 4.52. The lowest BCUT2D eigenvalue weighted by Gasteiger charge is -2.23. The molecule has 15 heavy (non-hydrogen) atoms. The number of fused-ring (bicyclic) bond motifs is 1. The van der Waals surface area contributed by atoms with Gasteiger partial charge in [-0.15, -0.1) is 0 Å². The minimum absolute atomic E-state index is 0.161. The van der Waals surface area contributed by atoms with Crippen molar-refractivity contribution in [2.24, 2.45) is 11.7 Å². The van der Waals surface area contributed by atoms with Gasteiger partial charge in [0.05, 0.1) is 5.69 Å². The van der Waals surface area contributed by atoms with Crippen molar-refractivity contribution in [2.45, 2.75) is 39.2 Å². The lowest BCUT2D eigenvalue weighted by atomic mass is 9.86. The molecule has 4 heteroatoms. The standard InChI is InChI=1S/C11H17N3O/c1-6-3-4-9-8(5-6)10(7(2)12)14-11(15)13-9/h6-7H,3-5,12H2,1-2H3,(H,13,14,15). The van der Waals surface area contributed by atoms with Gasteiger partial charge in [-0.3, -0.25) is 0 Å². The molecule has 82 valence electrons. The van der Waals surface area contributed by atoms with Gasteiger partial charge in [-0.25, -0.2) is 4.79 Å². The highest BCUT2D eigenvalue weighted by Gasteiger charge is 2.21. The highest BCUT2D eigenvalue weighted by Crippen LogP contribution is 2.26. The van der Waals surface area contributed by atoms with E-state index in [4.69, 9.17) is 5.73 Å². The molecule has 0 saturated carbocycles. The summed E-state index contributed by atoms with van der Waals surface area (Å²) in [6, 6.07) is -0.161. The van der Waals surface area contributed by atoms with Gasteiger partial charge in [-0.05, 0) is 37.7 Å². The maximum atomic E-state index is 11.3. The van der Waals surface area contributed by atoms with Crippen molar-refractivity contribution in [2.75, 3.05) is 0 Å². The normalized spacial score (nSPS) is 22.2. The zero-order chi connectivity index (χ0) is 11.0. The Balaban J connectivity index is 2.55. The van der Waals surface area contributed by atoms with Gasteiger partial charge in [0, 0.05) is 11.7 Å². The molecule has 2 rings (SSSR count). The predicted octanol–water partition coefficient (Wildman–Crippen LogP) is 0.914. The number of nitrogens with two attached hydrogens (primary N) is 1. The number of aromatic nitrogens is 2. The SMILES string of the molecule is CC1CCc2[nH]c(=O)nc(C(C)N)c2C1. The summed E-state index contributed by atoms with van der Waals surface area (Å²) < 4.78 is 0. The van der Waals surface area contributed by atoms with Gasteiger partial charge < -0.3 is 10.7 Å². The monoisotopic (exact) mass is 207 g/mol. The minimum atomic E-state index is -0.268. The van der Waals surface area contributed by atoms with Gasteiger partial charge in [0.25, 0.3) is 0 Å². The van der Waals surface area contributed by atoms with Crippen LogP contribution in [-0.4, -0.2) is 9.97 Å². The van der Waals surface area contributed by atoms with E-state index >= 15 is 0 Å². The highest BCUT2D eigenvalue weighted by molar-refractivity contribution is 5.29. The largest absolute Gasteiger partial charge is 0.345 e. The van der Waals surface area contributed by atoms with Gasteiger partial charge in [-0.1, -0.05) is 6.92 Å². The molecule has 0 amide bonds. The molecule has 0 spiro atoms. The summed E-state index contributed by atoms with van der Waals surface area (Å²) in [5.74, 6) is 0.655. The molecule has 4 nitrogen and oxygen atoms in total. The number of rotatable bonds is 1. The van der Waals surface area contributed by atoms with Crippen molar-refractivity contribution < 1.29 is 0 Å². The summed E-state index contributed by atoms with van der Waals surface area (Å²) >= 11 is 0. The van der Waals surface area contributed by atoms with E-state index in [2.05, 4.69) is 16.9 Å². The fraction of sp³-hybridized carbons (Fsp3) is 0.636. The van der Waals surface area contributed by atoms with E-state index in [9.17, 15) is 4.79 Å². The summed E-state index contributed by atoms with van der Waals surface area (Å²) in [6.45, 7) is 4.10. The molecule has 0 radical (unpaired) electrons. The third-order valence-electron chi connectivity index (χ3n) is 3.02. The van der Waals surface area contributed by atoms with Gasteiger partial charge >= 0.3 is 5.69 Å². The smallest absolute Gasteiger partial charge is 0.323 e. The first-order valence-corrected chi connectivity index (χ1v) is 5.45. The number of H-pyrrole nitrogens is 1. The quantitative estimate of drug-likeness (QED) is 0.719. The van der Waals surface area contributed by atoms with Gasteiger partial charge in [-0.2, -0.15) is 4.98 Å². The molecule has 2 unspecified atom stereocenters. The Kier molecular flexibility index (Phi) is 2.61. The first-order chi connectivity index (χ1) is 7.08. The van der Waals surface area contributed by atoms with Crippen LogP contribution in [0, 0.1) is 5.92 Å². The van der Waals surface area contributed by atoms with E-state index in [0.29, 0.717) is 5.92 Å². The van der Waals surface area contributed by atoms with Crippen molar-refractivity contribution in [1.29, 1.82) is 0 Å². The Morgan fingerprint density at radius 3 is 3.00 bits per heavy atom. The van der Waals surface area contributed by atoms with E-state index < -0.39 is 0 Å². The zero-order valence-electron chi connectivity index (χ0n) is 9.21. The molecular weight excluding hydrogens is 190 g/mol. The molecule has 1 aromatic rings. The molecular formula is C11H17N3O. The summed E-state index contributed by atoms with van der Waals surface area (Å²) in [7, 11) is 0. The van der Waals surface area contributed by atoms with Gasteiger partial charge in [0.15, 0.2) is 0 Å². The molecule has 1 aliphatic carbocycles. The lowest BCUT2D eigenvalue weighted by Crippen LogP contribution is -2.26. The van der Waals surface area contributed by atoms with Crippen molar-refractivity contribution >= 4 is 0 Å². The van der Waals surface area contributed by atoms with Crippen LogP contribution >= 0.6 is 0 Å². The molecule has 1 heterocycles. The number of nitrogens with zero attached hydrogens (tertiary/aromatic N) is 1. The molecule has 0 saturated heterocycles. The summed E-state index contributed by atoms with van der Waals surface area (Å²) in [5, 5.41) is 0. The summed E-state index contributed by atoms with van der Waals surface area (Å²) in [5.41, 5.74) is 8.56. The first kappa shape index (κ1) is 10.4. The molecule has 2 atom stereocenters. The second-order valence-corrected chi connectivity index (χ2v) is 4.52. The topological polar surface area (TPSA) is 71.8 Å². The fourth-order valence-electron chi connectivity index (χ4n) is 2.22. The van der Waals surface area contributed by atoms with Crippen LogP contribution in [0.1, 0.15) is 43.3 Å². The molecule has 0 bridgehead atoms. The van der Waals surface area contributed by atoms with E-state index in [1.54, 1.807) is 0 Å². The first-order valence-electron chi connectivity index (χ1n) is 5.45. The molecule has 1 aromatic heterocycles. The Labute approximate surface area is 88.9 Å². The van der Waals surface area contributed by atoms with Gasteiger partial charge in [0.1, 0.15) is 0 Å². The number of nitrogens with one attached hydrogen (secondary N) is 1. The molecule has 0 aliphatic heterocycles. The van der Waals surface area contributed by atoms with Crippen molar-refractivity contribution in [3.63, 3.8) is 0 Å². The van der Waals surface area contributed by atoms with Crippen LogP contribution in [0.2, 0.25) is 0 Å². The van der Waals surface area contributed by atoms with Crippen LogP contribution in [0.3, 0.4) is 0 Å². The van der Waals surface area contributed by atoms with Gasteiger partial charge in [0.2, 0.25) is 0 Å². The maximum absolute atomic E-state index is 11.3. The fourth-order valence-corrected chi connectivity index (χ4v) is 2.22. The Hall–Kier alpha value is -1.16. The van der Waals surface area contributed by atoms with Crippen LogP contribution < -0.4 is 11.4 Å². The minimum Gasteiger partial charge on any atom is -0.323 e. The van der Waals surface area contributed by atoms with E-state index in [1.165, 1.54) is 5.56 Å². The third kappa shape index (κ3) is 1.95. The van der Waals surface area contributed by atoms with Crippen LogP contribution in [-0.2, 0) is 12.8 Å². The average Bonchev–Trinajstić information content (AvgIpc) is 2.17. The van der Waals surface area contributed by atoms with Crippen LogP contribution in [0.4, 0.5) is 0 Å². The summed E-state index contributed by atoms with van der Waals surface area (Å²) in [6.07, 6.45) is 3.05. The van der Waals surface area contributed by atoms with Crippen LogP contribution in [0.15, 0.2) is 4.79 Å². The predicted molar refractivity (Wildman–Crippen MR) is 58.6 cm³/mol. The Morgan fingerprint density at radius 2 is 2.33 bits per heavy atom. The lowest BCUT2D eigenvalue weighted by molar-refractivity contribution is 0.483. The van der Waals surface area contributed by atoms with Crippen LogP contribution in [0.25, 0.3) is 0 Å². The summed E-state index contributed by atoms with van der Waals surface area (Å²) in [4.78, 5) is 18.1. The number of hydrogen-bond acceptors (Lipinski definition) is 3. The Morgan fingerprint density at radius 1 is 1.60 bits per heavy atom. The molecule has 3 N–H and O–H groups in total. The average molecular weight is 207 g/mol. The number of aryl methyl sites for hydroxylation is 1. The van der Waals surface area contributed by atoms with Crippen LogP contribution in [0.5, 0.6) is 0 Å². The maximum Gasteiger partial charge on any atom is 0.345 e. The zero-order valence-corrected chi connectivity index (χ0v) is 9.21.